The van der Waals surface area contributed by atoms with Crippen molar-refractivity contribution in [2.75, 3.05) is 0 Å². The normalized spacial score (nSPS) is 24.8. The van der Waals surface area contributed by atoms with E-state index in [0.29, 0.717) is 5.70 Å². The van der Waals surface area contributed by atoms with Crippen LogP contribution < -0.4 is 10.6 Å². The Morgan fingerprint density at radius 3 is 2.54 bits per heavy atom. The van der Waals surface area contributed by atoms with E-state index in [4.69, 9.17) is 4.74 Å². The maximum Gasteiger partial charge on any atom is 0.319 e. The monoisotopic (exact) mass is 420 g/mol. The van der Waals surface area contributed by atoms with Crippen LogP contribution in [0.1, 0.15) is 56.6 Å². The molecule has 140 valence electrons. The Kier molecular flexibility index (Phi) is 6.35. The van der Waals surface area contributed by atoms with E-state index in [1.54, 1.807) is 0 Å². The molecule has 1 aliphatic heterocycles. The SMILES string of the molecule is C=C1NC(=O)NC(c2cccc(Br)c2)C1C(=O)OC1CCCCCCC1. The molecule has 26 heavy (non-hydrogen) atoms. The van der Waals surface area contributed by atoms with Gasteiger partial charge in [0.1, 0.15) is 12.0 Å². The molecule has 2 atom stereocenters. The smallest absolute Gasteiger partial charge is 0.319 e. The zero-order valence-corrected chi connectivity index (χ0v) is 16.4. The van der Waals surface area contributed by atoms with Gasteiger partial charge in [0.15, 0.2) is 0 Å². The van der Waals surface area contributed by atoms with Gasteiger partial charge in [0.2, 0.25) is 0 Å². The number of hydrogen-bond donors (Lipinski definition) is 2. The summed E-state index contributed by atoms with van der Waals surface area (Å²) in [6.07, 6.45) is 7.61. The molecule has 0 bridgehead atoms. The third kappa shape index (κ3) is 4.67. The summed E-state index contributed by atoms with van der Waals surface area (Å²) in [5, 5.41) is 5.48. The maximum absolute atomic E-state index is 13.0. The van der Waals surface area contributed by atoms with Crippen LogP contribution in [0.25, 0.3) is 0 Å². The van der Waals surface area contributed by atoms with Crippen LogP contribution in [0.3, 0.4) is 0 Å². The number of nitrogens with one attached hydrogen (secondary N) is 2. The molecule has 1 aromatic carbocycles. The summed E-state index contributed by atoms with van der Waals surface area (Å²) in [4.78, 5) is 24.9. The Balaban J connectivity index is 1.78. The second-order valence-corrected chi connectivity index (χ2v) is 7.95. The Bertz CT molecular complexity index is 683. The van der Waals surface area contributed by atoms with Crippen molar-refractivity contribution < 1.29 is 14.3 Å². The van der Waals surface area contributed by atoms with E-state index in [-0.39, 0.29) is 18.1 Å². The Hall–Kier alpha value is -1.82. The van der Waals surface area contributed by atoms with Gasteiger partial charge in [-0.3, -0.25) is 4.79 Å². The molecule has 0 aromatic heterocycles. The first-order valence-electron chi connectivity index (χ1n) is 9.27. The molecule has 1 aromatic rings. The van der Waals surface area contributed by atoms with Gasteiger partial charge in [-0.25, -0.2) is 4.79 Å². The summed E-state index contributed by atoms with van der Waals surface area (Å²) in [6.45, 7) is 3.91. The molecular formula is C20H25BrN2O3. The molecule has 1 saturated heterocycles. The molecule has 2 unspecified atom stereocenters. The van der Waals surface area contributed by atoms with Crippen LogP contribution in [-0.4, -0.2) is 18.1 Å². The van der Waals surface area contributed by atoms with E-state index >= 15 is 0 Å². The number of rotatable bonds is 3. The van der Waals surface area contributed by atoms with Crippen LogP contribution in [0.4, 0.5) is 4.79 Å². The summed E-state index contributed by atoms with van der Waals surface area (Å²) in [5.41, 5.74) is 1.23. The molecule has 1 saturated carbocycles. The van der Waals surface area contributed by atoms with E-state index < -0.39 is 12.0 Å². The first kappa shape index (κ1) is 19.0. The Labute approximate surface area is 162 Å². The predicted octanol–water partition coefficient (Wildman–Crippen LogP) is 4.59. The van der Waals surface area contributed by atoms with Gasteiger partial charge < -0.3 is 15.4 Å². The first-order chi connectivity index (χ1) is 12.5. The highest BCUT2D eigenvalue weighted by molar-refractivity contribution is 9.10. The number of ether oxygens (including phenoxy) is 1. The largest absolute Gasteiger partial charge is 0.462 e. The molecule has 2 amide bonds. The highest BCUT2D eigenvalue weighted by Gasteiger charge is 2.39. The number of hydrogen-bond acceptors (Lipinski definition) is 3. The van der Waals surface area contributed by atoms with Crippen molar-refractivity contribution >= 4 is 27.9 Å². The van der Waals surface area contributed by atoms with E-state index in [2.05, 4.69) is 33.1 Å². The second-order valence-electron chi connectivity index (χ2n) is 7.04. The van der Waals surface area contributed by atoms with E-state index in [1.165, 1.54) is 19.3 Å². The minimum absolute atomic E-state index is 0.0450. The van der Waals surface area contributed by atoms with Gasteiger partial charge in [-0.1, -0.05) is 53.9 Å². The highest BCUT2D eigenvalue weighted by Crippen LogP contribution is 2.32. The van der Waals surface area contributed by atoms with E-state index in [9.17, 15) is 9.59 Å². The molecule has 2 aliphatic rings. The lowest BCUT2D eigenvalue weighted by Gasteiger charge is -2.34. The third-order valence-electron chi connectivity index (χ3n) is 5.07. The fourth-order valence-electron chi connectivity index (χ4n) is 3.71. The topological polar surface area (TPSA) is 67.4 Å². The summed E-state index contributed by atoms with van der Waals surface area (Å²) in [6, 6.07) is 6.74. The average Bonchev–Trinajstić information content (AvgIpc) is 2.56. The Morgan fingerprint density at radius 2 is 1.85 bits per heavy atom. The highest BCUT2D eigenvalue weighted by atomic mass is 79.9. The lowest BCUT2D eigenvalue weighted by atomic mass is 9.89. The van der Waals surface area contributed by atoms with Gasteiger partial charge in [-0.05, 0) is 43.4 Å². The lowest BCUT2D eigenvalue weighted by Crippen LogP contribution is -2.51. The van der Waals surface area contributed by atoms with Crippen LogP contribution in [0.15, 0.2) is 41.0 Å². The quantitative estimate of drug-likeness (QED) is 0.702. The van der Waals surface area contributed by atoms with Gasteiger partial charge >= 0.3 is 12.0 Å². The summed E-state index contributed by atoms with van der Waals surface area (Å²) in [5.74, 6) is -0.967. The van der Waals surface area contributed by atoms with Crippen molar-refractivity contribution in [3.63, 3.8) is 0 Å². The molecule has 2 N–H and O–H groups in total. The number of amides is 2. The van der Waals surface area contributed by atoms with Gasteiger partial charge in [0, 0.05) is 10.2 Å². The van der Waals surface area contributed by atoms with Gasteiger partial charge in [0.25, 0.3) is 0 Å². The maximum atomic E-state index is 13.0. The molecule has 1 heterocycles. The number of carbonyl (C=O) groups excluding carboxylic acids is 2. The fraction of sp³-hybridized carbons (Fsp3) is 0.500. The molecule has 1 aliphatic carbocycles. The van der Waals surface area contributed by atoms with E-state index in [0.717, 1.165) is 35.7 Å². The van der Waals surface area contributed by atoms with Crippen LogP contribution in [0.5, 0.6) is 0 Å². The number of urea groups is 1. The van der Waals surface area contributed by atoms with Crippen molar-refractivity contribution in [2.45, 2.75) is 57.1 Å². The fourth-order valence-corrected chi connectivity index (χ4v) is 4.13. The van der Waals surface area contributed by atoms with Crippen molar-refractivity contribution in [1.82, 2.24) is 10.6 Å². The zero-order chi connectivity index (χ0) is 18.5. The van der Waals surface area contributed by atoms with Crippen molar-refractivity contribution in [3.05, 3.63) is 46.6 Å². The number of halogens is 1. The number of esters is 1. The molecule has 2 fully saturated rings. The number of carbonyl (C=O) groups is 2. The van der Waals surface area contributed by atoms with Crippen LogP contribution in [0, 0.1) is 5.92 Å². The second kappa shape index (κ2) is 8.71. The molecule has 0 spiro atoms. The number of benzene rings is 1. The molecular weight excluding hydrogens is 396 g/mol. The summed E-state index contributed by atoms with van der Waals surface area (Å²) in [7, 11) is 0. The minimum Gasteiger partial charge on any atom is -0.462 e. The molecule has 5 nitrogen and oxygen atoms in total. The van der Waals surface area contributed by atoms with Crippen LogP contribution in [0.2, 0.25) is 0 Å². The zero-order valence-electron chi connectivity index (χ0n) is 14.8. The molecule has 0 radical (unpaired) electrons. The van der Waals surface area contributed by atoms with Crippen molar-refractivity contribution in [3.8, 4) is 0 Å². The summed E-state index contributed by atoms with van der Waals surface area (Å²) < 4.78 is 6.74. The summed E-state index contributed by atoms with van der Waals surface area (Å²) >= 11 is 3.44. The van der Waals surface area contributed by atoms with Crippen LogP contribution >= 0.6 is 15.9 Å². The van der Waals surface area contributed by atoms with Crippen molar-refractivity contribution in [2.24, 2.45) is 5.92 Å². The Morgan fingerprint density at radius 1 is 1.15 bits per heavy atom. The standard InChI is InChI=1S/C20H25BrN2O3/c1-13-17(19(24)26-16-10-5-3-2-4-6-11-16)18(23-20(25)22-13)14-8-7-9-15(21)12-14/h7-9,12,16-18H,1-6,10-11H2,(H2,22,23,25). The first-order valence-corrected chi connectivity index (χ1v) is 10.1. The minimum atomic E-state index is -0.646. The predicted molar refractivity (Wildman–Crippen MR) is 103 cm³/mol. The average molecular weight is 421 g/mol. The lowest BCUT2D eigenvalue weighted by molar-refractivity contribution is -0.155. The van der Waals surface area contributed by atoms with Gasteiger partial charge in [-0.15, -0.1) is 0 Å². The van der Waals surface area contributed by atoms with Crippen molar-refractivity contribution in [1.29, 1.82) is 0 Å². The van der Waals surface area contributed by atoms with Gasteiger partial charge in [-0.2, -0.15) is 0 Å². The molecule has 6 heteroatoms. The van der Waals surface area contributed by atoms with E-state index in [1.807, 2.05) is 24.3 Å². The van der Waals surface area contributed by atoms with Gasteiger partial charge in [0.05, 0.1) is 6.04 Å². The van der Waals surface area contributed by atoms with Crippen LogP contribution in [-0.2, 0) is 9.53 Å². The third-order valence-corrected chi connectivity index (χ3v) is 5.56. The molecule has 3 rings (SSSR count).